The van der Waals surface area contributed by atoms with Gasteiger partial charge in [0.05, 0.1) is 22.4 Å². The highest BCUT2D eigenvalue weighted by Crippen LogP contribution is 2.25. The van der Waals surface area contributed by atoms with Crippen molar-refractivity contribution in [1.29, 1.82) is 5.26 Å². The molecule has 2 N–H and O–H groups in total. The van der Waals surface area contributed by atoms with E-state index in [1.54, 1.807) is 35.1 Å². The number of H-pyrrole nitrogens is 1. The molecule has 0 fully saturated rings. The van der Waals surface area contributed by atoms with E-state index in [1.807, 2.05) is 48.5 Å². The lowest BCUT2D eigenvalue weighted by Gasteiger charge is -2.03. The number of rotatable bonds is 7. The molecule has 9 heteroatoms. The Hall–Kier alpha value is -5.49. The van der Waals surface area contributed by atoms with E-state index in [0.717, 1.165) is 5.69 Å². The first-order chi connectivity index (χ1) is 18.5. The maximum Gasteiger partial charge on any atom is 0.331 e. The molecular formula is C29H20FN5O3. The molecule has 0 amide bonds. The van der Waals surface area contributed by atoms with Gasteiger partial charge < -0.3 is 14.8 Å². The molecule has 8 nitrogen and oxygen atoms in total. The fourth-order valence-corrected chi connectivity index (χ4v) is 3.80. The summed E-state index contributed by atoms with van der Waals surface area (Å²) in [5.74, 6) is -1.37. The predicted octanol–water partition coefficient (Wildman–Crippen LogP) is 5.60. The number of hydrogen-bond acceptors (Lipinski definition) is 6. The second-order valence-corrected chi connectivity index (χ2v) is 8.20. The van der Waals surface area contributed by atoms with Gasteiger partial charge in [0.1, 0.15) is 24.1 Å². The van der Waals surface area contributed by atoms with Crippen molar-refractivity contribution in [2.75, 3.05) is 6.61 Å². The number of carbonyl (C=O) groups is 1. The number of nitrogens with zero attached hydrogens (tertiary/aromatic N) is 4. The first kappa shape index (κ1) is 24.2. The Morgan fingerprint density at radius 1 is 1.08 bits per heavy atom. The summed E-state index contributed by atoms with van der Waals surface area (Å²) in [6.07, 6.45) is 4.46. The molecule has 0 spiro atoms. The number of aliphatic hydroxyl groups excluding tert-OH is 1. The van der Waals surface area contributed by atoms with Gasteiger partial charge in [-0.25, -0.2) is 18.9 Å². The number of para-hydroxylation sites is 3. The first-order valence-corrected chi connectivity index (χ1v) is 11.5. The normalized spacial score (nSPS) is 11.9. The van der Waals surface area contributed by atoms with E-state index < -0.39 is 18.3 Å². The molecule has 0 bridgehead atoms. The van der Waals surface area contributed by atoms with E-state index in [1.165, 1.54) is 24.3 Å². The fourth-order valence-electron chi connectivity index (χ4n) is 3.80. The lowest BCUT2D eigenvalue weighted by molar-refractivity contribution is -0.137. The average molecular weight is 506 g/mol. The second kappa shape index (κ2) is 10.6. The van der Waals surface area contributed by atoms with Crippen LogP contribution in [-0.4, -0.2) is 37.4 Å². The lowest BCUT2D eigenvalue weighted by Crippen LogP contribution is -2.06. The van der Waals surface area contributed by atoms with Gasteiger partial charge in [-0.3, -0.25) is 0 Å². The maximum atomic E-state index is 13.5. The molecule has 38 heavy (non-hydrogen) atoms. The Morgan fingerprint density at radius 2 is 1.82 bits per heavy atom. The zero-order chi connectivity index (χ0) is 26.5. The summed E-state index contributed by atoms with van der Waals surface area (Å²) in [6, 6.07) is 24.4. The highest BCUT2D eigenvalue weighted by molar-refractivity contribution is 5.89. The molecule has 5 rings (SSSR count). The van der Waals surface area contributed by atoms with Gasteiger partial charge in [-0.15, -0.1) is 0 Å². The third-order valence-electron chi connectivity index (χ3n) is 5.66. The summed E-state index contributed by atoms with van der Waals surface area (Å²) in [4.78, 5) is 19.7. The van der Waals surface area contributed by atoms with Crippen LogP contribution in [0.15, 0.2) is 96.9 Å². The quantitative estimate of drug-likeness (QED) is 0.129. The highest BCUT2D eigenvalue weighted by Gasteiger charge is 2.15. The zero-order valence-electron chi connectivity index (χ0n) is 19.9. The summed E-state index contributed by atoms with van der Waals surface area (Å²) < 4.78 is 20.3. The van der Waals surface area contributed by atoms with Crippen molar-refractivity contribution in [2.45, 2.75) is 0 Å². The minimum absolute atomic E-state index is 0.124. The van der Waals surface area contributed by atoms with Crippen molar-refractivity contribution in [3.05, 3.63) is 114 Å². The van der Waals surface area contributed by atoms with Gasteiger partial charge in [0.25, 0.3) is 0 Å². The molecule has 0 aliphatic rings. The molecule has 186 valence electrons. The summed E-state index contributed by atoms with van der Waals surface area (Å²) in [6.45, 7) is -0.517. The van der Waals surface area contributed by atoms with Gasteiger partial charge in [0.15, 0.2) is 11.6 Å². The van der Waals surface area contributed by atoms with E-state index in [2.05, 4.69) is 15.1 Å². The van der Waals surface area contributed by atoms with Gasteiger partial charge in [0.2, 0.25) is 0 Å². The van der Waals surface area contributed by atoms with E-state index in [0.29, 0.717) is 27.9 Å². The van der Waals surface area contributed by atoms with Crippen LogP contribution in [0.1, 0.15) is 11.4 Å². The number of hydrogen-bond donors (Lipinski definition) is 2. The smallest absolute Gasteiger partial charge is 0.331 e. The molecule has 0 saturated carbocycles. The molecule has 0 aliphatic carbocycles. The zero-order valence-corrected chi connectivity index (χ0v) is 19.9. The predicted molar refractivity (Wildman–Crippen MR) is 140 cm³/mol. The molecular weight excluding hydrogens is 485 g/mol. The standard InChI is InChI=1S/C29H20FN5O3/c30-21-13-10-19(11-14-21)28-20(17-35(34-28)22-6-2-1-3-7-22)12-15-27(37)38-18-26(36)23(16-31)29-32-24-8-4-5-9-25(24)33-29/h1-15,17,36H,18H2,(H,32,33)/b15-12?,26-23-. The van der Waals surface area contributed by atoms with E-state index in [9.17, 15) is 19.6 Å². The second-order valence-electron chi connectivity index (χ2n) is 8.20. The summed E-state index contributed by atoms with van der Waals surface area (Å²) in [5.41, 5.74) is 3.82. The number of fused-ring (bicyclic) bond motifs is 1. The van der Waals surface area contributed by atoms with Crippen molar-refractivity contribution < 1.29 is 19.0 Å². The number of halogens is 1. The number of allylic oxidation sites excluding steroid dienone is 1. The number of aromatic amines is 1. The van der Waals surface area contributed by atoms with Crippen LogP contribution in [0, 0.1) is 17.1 Å². The van der Waals surface area contributed by atoms with Crippen LogP contribution >= 0.6 is 0 Å². The number of benzene rings is 3. The first-order valence-electron chi connectivity index (χ1n) is 11.5. The number of nitriles is 1. The number of carbonyl (C=O) groups excluding carboxylic acids is 1. The van der Waals surface area contributed by atoms with Crippen LogP contribution in [-0.2, 0) is 9.53 Å². The van der Waals surface area contributed by atoms with Crippen LogP contribution in [0.2, 0.25) is 0 Å². The highest BCUT2D eigenvalue weighted by atomic mass is 19.1. The minimum Gasteiger partial charge on any atom is -0.507 e. The number of aromatic nitrogens is 4. The molecule has 3 aromatic carbocycles. The van der Waals surface area contributed by atoms with Gasteiger partial charge in [-0.05, 0) is 54.6 Å². The number of esters is 1. The number of aliphatic hydroxyl groups is 1. The SMILES string of the molecule is N#C/C(=C(/O)COC(=O)C=Cc1cn(-c2ccccc2)nc1-c1ccc(F)cc1)c1nc2ccccc2[nH]1. The van der Waals surface area contributed by atoms with Crippen LogP contribution < -0.4 is 0 Å². The molecule has 0 radical (unpaired) electrons. The Balaban J connectivity index is 1.35. The number of ether oxygens (including phenoxy) is 1. The fraction of sp³-hybridized carbons (Fsp3) is 0.0345. The minimum atomic E-state index is -0.740. The monoisotopic (exact) mass is 505 g/mol. The van der Waals surface area contributed by atoms with Crippen molar-refractivity contribution in [3.63, 3.8) is 0 Å². The Kier molecular flexibility index (Phi) is 6.78. The third-order valence-corrected chi connectivity index (χ3v) is 5.66. The molecule has 0 saturated heterocycles. The van der Waals surface area contributed by atoms with E-state index in [4.69, 9.17) is 4.74 Å². The van der Waals surface area contributed by atoms with E-state index >= 15 is 0 Å². The van der Waals surface area contributed by atoms with Gasteiger partial charge >= 0.3 is 5.97 Å². The van der Waals surface area contributed by atoms with Gasteiger partial charge in [-0.1, -0.05) is 30.3 Å². The van der Waals surface area contributed by atoms with Crippen molar-refractivity contribution in [2.24, 2.45) is 0 Å². The summed E-state index contributed by atoms with van der Waals surface area (Å²) in [5, 5.41) is 24.6. The number of imidazole rings is 1. The maximum absolute atomic E-state index is 13.5. The summed E-state index contributed by atoms with van der Waals surface area (Å²) >= 11 is 0. The van der Waals surface area contributed by atoms with Crippen LogP contribution in [0.4, 0.5) is 4.39 Å². The van der Waals surface area contributed by atoms with Crippen molar-refractivity contribution in [1.82, 2.24) is 19.7 Å². The molecule has 2 heterocycles. The number of nitrogens with one attached hydrogen (secondary N) is 1. The van der Waals surface area contributed by atoms with Gasteiger partial charge in [0, 0.05) is 23.4 Å². The van der Waals surface area contributed by atoms with Gasteiger partial charge in [-0.2, -0.15) is 10.4 Å². The molecule has 0 aliphatic heterocycles. The van der Waals surface area contributed by atoms with E-state index in [-0.39, 0.29) is 17.2 Å². The Bertz CT molecular complexity index is 1680. The Labute approximate surface area is 216 Å². The molecule has 5 aromatic rings. The molecule has 2 aromatic heterocycles. The lowest BCUT2D eigenvalue weighted by atomic mass is 10.1. The summed E-state index contributed by atoms with van der Waals surface area (Å²) in [7, 11) is 0. The van der Waals surface area contributed by atoms with Crippen molar-refractivity contribution in [3.8, 4) is 23.0 Å². The molecule has 0 atom stereocenters. The average Bonchev–Trinajstić information content (AvgIpc) is 3.57. The topological polar surface area (TPSA) is 117 Å². The van der Waals surface area contributed by atoms with Crippen LogP contribution in [0.25, 0.3) is 39.6 Å². The van der Waals surface area contributed by atoms with Crippen LogP contribution in [0.3, 0.4) is 0 Å². The van der Waals surface area contributed by atoms with Crippen molar-refractivity contribution >= 4 is 28.7 Å². The molecule has 0 unspecified atom stereocenters. The Morgan fingerprint density at radius 3 is 2.55 bits per heavy atom. The largest absolute Gasteiger partial charge is 0.507 e. The van der Waals surface area contributed by atoms with Crippen LogP contribution in [0.5, 0.6) is 0 Å². The third kappa shape index (κ3) is 5.20.